The van der Waals surface area contributed by atoms with Crippen molar-refractivity contribution in [2.45, 2.75) is 25.6 Å². The fourth-order valence-electron chi connectivity index (χ4n) is 1.90. The van der Waals surface area contributed by atoms with Crippen LogP contribution in [-0.2, 0) is 12.6 Å². The first-order valence-electron chi connectivity index (χ1n) is 5.83. The van der Waals surface area contributed by atoms with Crippen LogP contribution in [0.5, 0.6) is 0 Å². The lowest BCUT2D eigenvalue weighted by molar-refractivity contribution is -0.137. The van der Waals surface area contributed by atoms with Crippen LogP contribution in [0.2, 0.25) is 0 Å². The molecule has 0 saturated carbocycles. The first kappa shape index (κ1) is 13.6. The zero-order valence-electron chi connectivity index (χ0n) is 10.3. The minimum atomic E-state index is -4.35. The normalized spacial score (nSPS) is 13.5. The van der Waals surface area contributed by atoms with Crippen LogP contribution in [0.1, 0.15) is 18.2 Å². The molecule has 0 saturated heterocycles. The molecule has 0 aliphatic carbocycles. The summed E-state index contributed by atoms with van der Waals surface area (Å²) in [6, 6.07) is 5.10. The Morgan fingerprint density at radius 1 is 1.37 bits per heavy atom. The van der Waals surface area contributed by atoms with E-state index in [1.807, 2.05) is 6.92 Å². The van der Waals surface area contributed by atoms with Crippen LogP contribution in [0.15, 0.2) is 30.5 Å². The maximum Gasteiger partial charge on any atom is 0.416 e. The molecule has 2 rings (SSSR count). The smallest absolute Gasteiger partial charge is 0.328 e. The first-order valence-corrected chi connectivity index (χ1v) is 5.83. The summed E-state index contributed by atoms with van der Waals surface area (Å²) >= 11 is 0. The Hall–Kier alpha value is -1.82. The third kappa shape index (κ3) is 3.14. The van der Waals surface area contributed by atoms with E-state index in [0.717, 1.165) is 17.8 Å². The van der Waals surface area contributed by atoms with Crippen LogP contribution in [0, 0.1) is 0 Å². The number of alkyl halides is 3. The highest BCUT2D eigenvalue weighted by Gasteiger charge is 2.30. The number of hydrogen-bond donors (Lipinski definition) is 2. The van der Waals surface area contributed by atoms with Crippen molar-refractivity contribution in [2.24, 2.45) is 5.73 Å². The van der Waals surface area contributed by atoms with Gasteiger partial charge in [0.25, 0.3) is 0 Å². The molecule has 19 heavy (non-hydrogen) atoms. The van der Waals surface area contributed by atoms with Crippen LogP contribution in [0.25, 0.3) is 11.1 Å². The first-order chi connectivity index (χ1) is 8.88. The van der Waals surface area contributed by atoms with Crippen molar-refractivity contribution in [1.29, 1.82) is 0 Å². The van der Waals surface area contributed by atoms with Gasteiger partial charge in [0, 0.05) is 23.7 Å². The van der Waals surface area contributed by atoms with Gasteiger partial charge in [-0.25, -0.2) is 0 Å². The lowest BCUT2D eigenvalue weighted by atomic mass is 10.0. The molecule has 0 aliphatic rings. The highest BCUT2D eigenvalue weighted by Crippen LogP contribution is 2.32. The Balaban J connectivity index is 2.40. The molecule has 0 aliphatic heterocycles. The lowest BCUT2D eigenvalue weighted by Gasteiger charge is -2.10. The highest BCUT2D eigenvalue weighted by atomic mass is 19.4. The number of halogens is 3. The number of nitrogens with two attached hydrogens (primary N) is 1. The molecular formula is C13H14F3N3. The van der Waals surface area contributed by atoms with E-state index in [9.17, 15) is 13.2 Å². The van der Waals surface area contributed by atoms with Gasteiger partial charge in [-0.1, -0.05) is 12.1 Å². The number of benzene rings is 1. The lowest BCUT2D eigenvalue weighted by Crippen LogP contribution is -2.18. The second-order valence-corrected chi connectivity index (χ2v) is 4.52. The van der Waals surface area contributed by atoms with Gasteiger partial charge >= 0.3 is 6.18 Å². The number of rotatable bonds is 3. The van der Waals surface area contributed by atoms with Gasteiger partial charge < -0.3 is 5.73 Å². The molecule has 0 bridgehead atoms. The average molecular weight is 269 g/mol. The van der Waals surface area contributed by atoms with Crippen molar-refractivity contribution in [3.8, 4) is 11.1 Å². The van der Waals surface area contributed by atoms with Gasteiger partial charge in [-0.05, 0) is 24.6 Å². The molecule has 1 heterocycles. The molecule has 2 aromatic rings. The molecule has 6 heteroatoms. The molecule has 3 N–H and O–H groups in total. The maximum absolute atomic E-state index is 12.7. The number of nitrogens with one attached hydrogen (secondary N) is 1. The second-order valence-electron chi connectivity index (χ2n) is 4.52. The quantitative estimate of drug-likeness (QED) is 0.900. The molecule has 1 aromatic carbocycles. The van der Waals surface area contributed by atoms with Gasteiger partial charge in [0.05, 0.1) is 11.8 Å². The van der Waals surface area contributed by atoms with Crippen molar-refractivity contribution in [2.75, 3.05) is 0 Å². The number of hydrogen-bond acceptors (Lipinski definition) is 2. The van der Waals surface area contributed by atoms with E-state index in [1.165, 1.54) is 12.3 Å². The Morgan fingerprint density at radius 2 is 2.11 bits per heavy atom. The molecule has 0 amide bonds. The molecule has 0 radical (unpaired) electrons. The van der Waals surface area contributed by atoms with Crippen LogP contribution in [-0.4, -0.2) is 16.2 Å². The van der Waals surface area contributed by atoms with E-state index in [1.54, 1.807) is 6.07 Å². The summed E-state index contributed by atoms with van der Waals surface area (Å²) in [7, 11) is 0. The summed E-state index contributed by atoms with van der Waals surface area (Å²) in [5.74, 6) is 0. The monoisotopic (exact) mass is 269 g/mol. The topological polar surface area (TPSA) is 54.7 Å². The van der Waals surface area contributed by atoms with Crippen LogP contribution < -0.4 is 5.73 Å². The molecule has 1 aromatic heterocycles. The van der Waals surface area contributed by atoms with Crippen LogP contribution in [0.3, 0.4) is 0 Å². The Labute approximate surface area is 108 Å². The Bertz CT molecular complexity index is 558. The minimum absolute atomic E-state index is 0.0926. The maximum atomic E-state index is 12.7. The number of aromatic nitrogens is 2. The van der Waals surface area contributed by atoms with Gasteiger partial charge in [-0.15, -0.1) is 0 Å². The summed E-state index contributed by atoms with van der Waals surface area (Å²) in [6.07, 6.45) is -2.29. The van der Waals surface area contributed by atoms with Gasteiger partial charge in [-0.2, -0.15) is 18.3 Å². The van der Waals surface area contributed by atoms with Crippen molar-refractivity contribution in [3.05, 3.63) is 41.7 Å². The zero-order chi connectivity index (χ0) is 14.0. The van der Waals surface area contributed by atoms with Crippen LogP contribution >= 0.6 is 0 Å². The fourth-order valence-corrected chi connectivity index (χ4v) is 1.90. The fraction of sp³-hybridized carbons (Fsp3) is 0.308. The van der Waals surface area contributed by atoms with E-state index < -0.39 is 11.7 Å². The third-order valence-electron chi connectivity index (χ3n) is 2.75. The molecule has 102 valence electrons. The van der Waals surface area contributed by atoms with Crippen molar-refractivity contribution >= 4 is 0 Å². The predicted octanol–water partition coefficient (Wildman–Crippen LogP) is 2.99. The largest absolute Gasteiger partial charge is 0.416 e. The summed E-state index contributed by atoms with van der Waals surface area (Å²) in [5.41, 5.74) is 6.92. The van der Waals surface area contributed by atoms with E-state index in [2.05, 4.69) is 10.2 Å². The van der Waals surface area contributed by atoms with Crippen molar-refractivity contribution in [1.82, 2.24) is 10.2 Å². The van der Waals surface area contributed by atoms with E-state index in [0.29, 0.717) is 17.5 Å². The summed E-state index contributed by atoms with van der Waals surface area (Å²) in [4.78, 5) is 0. The molecular weight excluding hydrogens is 255 g/mol. The molecule has 0 spiro atoms. The highest BCUT2D eigenvalue weighted by molar-refractivity contribution is 5.66. The van der Waals surface area contributed by atoms with E-state index in [-0.39, 0.29) is 6.04 Å². The molecule has 0 fully saturated rings. The standard InChI is InChI=1S/C13H14F3N3/c1-8(17)5-12-11(7-18-19-12)9-3-2-4-10(6-9)13(14,15)16/h2-4,6-8H,5,17H2,1H3,(H,18,19). The third-order valence-corrected chi connectivity index (χ3v) is 2.75. The number of aromatic amines is 1. The molecule has 1 atom stereocenters. The Morgan fingerprint density at radius 3 is 2.74 bits per heavy atom. The SMILES string of the molecule is CC(N)Cc1[nH]ncc1-c1cccc(C(F)(F)F)c1. The van der Waals surface area contributed by atoms with Crippen molar-refractivity contribution < 1.29 is 13.2 Å². The van der Waals surface area contributed by atoms with Gasteiger partial charge in [0.15, 0.2) is 0 Å². The predicted molar refractivity (Wildman–Crippen MR) is 66.4 cm³/mol. The molecule has 3 nitrogen and oxygen atoms in total. The second kappa shape index (κ2) is 5.05. The van der Waals surface area contributed by atoms with E-state index in [4.69, 9.17) is 5.73 Å². The van der Waals surface area contributed by atoms with Crippen LogP contribution in [0.4, 0.5) is 13.2 Å². The van der Waals surface area contributed by atoms with E-state index >= 15 is 0 Å². The summed E-state index contributed by atoms with van der Waals surface area (Å²) in [6.45, 7) is 1.83. The summed E-state index contributed by atoms with van der Waals surface area (Å²) in [5, 5.41) is 6.66. The Kier molecular flexibility index (Phi) is 3.61. The van der Waals surface area contributed by atoms with Gasteiger partial charge in [0.1, 0.15) is 0 Å². The van der Waals surface area contributed by atoms with Gasteiger partial charge in [0.2, 0.25) is 0 Å². The number of H-pyrrole nitrogens is 1. The van der Waals surface area contributed by atoms with Crippen molar-refractivity contribution in [3.63, 3.8) is 0 Å². The zero-order valence-corrected chi connectivity index (χ0v) is 10.3. The van der Waals surface area contributed by atoms with Gasteiger partial charge in [-0.3, -0.25) is 5.10 Å². The molecule has 1 unspecified atom stereocenters. The number of nitrogens with zero attached hydrogens (tertiary/aromatic N) is 1. The summed E-state index contributed by atoms with van der Waals surface area (Å²) < 4.78 is 38.0. The average Bonchev–Trinajstić information content (AvgIpc) is 2.75. The minimum Gasteiger partial charge on any atom is -0.328 e.